The lowest BCUT2D eigenvalue weighted by Crippen LogP contribution is -2.30. The number of amides is 3. The van der Waals surface area contributed by atoms with Gasteiger partial charge in [0.15, 0.2) is 0 Å². The smallest absolute Gasteiger partial charge is 0.241 e. The number of carbonyl (C=O) groups excluding carboxylic acids is 3. The van der Waals surface area contributed by atoms with E-state index in [4.69, 9.17) is 0 Å². The van der Waals surface area contributed by atoms with Gasteiger partial charge in [0.25, 0.3) is 0 Å². The van der Waals surface area contributed by atoms with Gasteiger partial charge in [-0.3, -0.25) is 24.2 Å². The molecule has 0 N–H and O–H groups in total. The SMILES string of the molecule is O=C1C2CC=CCC2C(=O)N1c1ccc(SCC(=O)N2c3ccccc3CCc3ccccc32)cc1. The molecule has 0 radical (unpaired) electrons. The third-order valence-electron chi connectivity index (χ3n) is 7.34. The summed E-state index contributed by atoms with van der Waals surface area (Å²) in [5.74, 6) is -0.402. The molecule has 0 saturated carbocycles. The van der Waals surface area contributed by atoms with Crippen molar-refractivity contribution in [2.24, 2.45) is 11.8 Å². The zero-order valence-corrected chi connectivity index (χ0v) is 20.6. The third kappa shape index (κ3) is 3.95. The number of hydrogen-bond acceptors (Lipinski definition) is 4. The maximum atomic E-state index is 13.6. The monoisotopic (exact) mass is 494 g/mol. The number of nitrogens with zero attached hydrogens (tertiary/aromatic N) is 2. The molecule has 0 spiro atoms. The van der Waals surface area contributed by atoms with Crippen molar-refractivity contribution in [1.82, 2.24) is 0 Å². The number of carbonyl (C=O) groups is 3. The van der Waals surface area contributed by atoms with Crippen molar-refractivity contribution in [2.75, 3.05) is 15.6 Å². The Bertz CT molecular complexity index is 1310. The Hall–Kier alpha value is -3.64. The zero-order valence-electron chi connectivity index (χ0n) is 19.8. The highest BCUT2D eigenvalue weighted by Gasteiger charge is 2.47. The minimum atomic E-state index is -0.242. The summed E-state index contributed by atoms with van der Waals surface area (Å²) in [7, 11) is 0. The second-order valence-corrected chi connectivity index (χ2v) is 10.5. The number of benzene rings is 3. The van der Waals surface area contributed by atoms with Crippen LogP contribution >= 0.6 is 11.8 Å². The van der Waals surface area contributed by atoms with Crippen LogP contribution in [0.15, 0.2) is 89.8 Å². The predicted molar refractivity (Wildman–Crippen MR) is 142 cm³/mol. The lowest BCUT2D eigenvalue weighted by molar-refractivity contribution is -0.122. The average molecular weight is 495 g/mol. The summed E-state index contributed by atoms with van der Waals surface area (Å²) in [6.45, 7) is 0. The van der Waals surface area contributed by atoms with Crippen molar-refractivity contribution in [3.8, 4) is 0 Å². The number of rotatable bonds is 4. The summed E-state index contributed by atoms with van der Waals surface area (Å²) in [5.41, 5.74) is 4.85. The number of allylic oxidation sites excluding steroid dienone is 2. The molecule has 1 fully saturated rings. The summed E-state index contributed by atoms with van der Waals surface area (Å²) in [6.07, 6.45) is 7.05. The molecule has 1 saturated heterocycles. The van der Waals surface area contributed by atoms with Crippen molar-refractivity contribution in [3.63, 3.8) is 0 Å². The van der Waals surface area contributed by atoms with Gasteiger partial charge in [-0.1, -0.05) is 48.6 Å². The van der Waals surface area contributed by atoms with Crippen molar-refractivity contribution in [1.29, 1.82) is 0 Å². The standard InChI is InChI=1S/C30H26N2O3S/c33-28(32-26-11-5-1-7-20(26)13-14-21-8-2-6-12-27(21)32)19-36-23-17-15-22(16-18-23)31-29(34)24-9-3-4-10-25(24)30(31)35/h1-8,11-12,15-18,24-25H,9-10,13-14,19H2. The van der Waals surface area contributed by atoms with Crippen LogP contribution < -0.4 is 9.80 Å². The fourth-order valence-electron chi connectivity index (χ4n) is 5.50. The molecule has 3 aromatic carbocycles. The number of fused-ring (bicyclic) bond motifs is 3. The summed E-state index contributed by atoms with van der Waals surface area (Å²) < 4.78 is 0. The summed E-state index contributed by atoms with van der Waals surface area (Å²) in [5, 5.41) is 0. The van der Waals surface area contributed by atoms with E-state index in [9.17, 15) is 14.4 Å². The normalized spacial score (nSPS) is 20.6. The first-order valence-corrected chi connectivity index (χ1v) is 13.3. The molecule has 2 atom stereocenters. The van der Waals surface area contributed by atoms with Gasteiger partial charge in [0.2, 0.25) is 17.7 Å². The Morgan fingerprint density at radius 2 is 1.28 bits per heavy atom. The van der Waals surface area contributed by atoms with Crippen LogP contribution in [0, 0.1) is 11.8 Å². The predicted octanol–water partition coefficient (Wildman–Crippen LogP) is 5.70. The summed E-state index contributed by atoms with van der Waals surface area (Å²) >= 11 is 1.46. The van der Waals surface area contributed by atoms with Gasteiger partial charge in [-0.05, 0) is 73.2 Å². The highest BCUT2D eigenvalue weighted by atomic mass is 32.2. The molecule has 3 aromatic rings. The number of imide groups is 1. The maximum Gasteiger partial charge on any atom is 0.241 e. The molecule has 180 valence electrons. The number of thioether (sulfide) groups is 1. The Morgan fingerprint density at radius 1 is 0.750 bits per heavy atom. The number of hydrogen-bond donors (Lipinski definition) is 0. The van der Waals surface area contributed by atoms with Crippen LogP contribution in [-0.4, -0.2) is 23.5 Å². The first-order valence-electron chi connectivity index (χ1n) is 12.4. The van der Waals surface area contributed by atoms with Crippen molar-refractivity contribution >= 4 is 46.5 Å². The van der Waals surface area contributed by atoms with E-state index in [1.165, 1.54) is 27.8 Å². The number of anilines is 3. The largest absolute Gasteiger partial charge is 0.280 e. The molecular weight excluding hydrogens is 468 g/mol. The molecule has 2 heterocycles. The highest BCUT2D eigenvalue weighted by molar-refractivity contribution is 8.00. The maximum absolute atomic E-state index is 13.6. The Morgan fingerprint density at radius 3 is 1.83 bits per heavy atom. The van der Waals surface area contributed by atoms with E-state index >= 15 is 0 Å². The van der Waals surface area contributed by atoms with E-state index in [1.54, 1.807) is 0 Å². The molecular formula is C30H26N2O3S. The van der Waals surface area contributed by atoms with Crippen LogP contribution in [0.25, 0.3) is 0 Å². The quantitative estimate of drug-likeness (QED) is 0.265. The van der Waals surface area contributed by atoms with Crippen molar-refractivity contribution < 1.29 is 14.4 Å². The highest BCUT2D eigenvalue weighted by Crippen LogP contribution is 2.39. The second kappa shape index (κ2) is 9.43. The fourth-order valence-corrected chi connectivity index (χ4v) is 6.25. The summed E-state index contributed by atoms with van der Waals surface area (Å²) in [6, 6.07) is 23.6. The Kier molecular flexibility index (Phi) is 5.97. The van der Waals surface area contributed by atoms with Crippen LogP contribution in [0.4, 0.5) is 17.1 Å². The molecule has 2 unspecified atom stereocenters. The minimum Gasteiger partial charge on any atom is -0.280 e. The van der Waals surface area contributed by atoms with Crippen molar-refractivity contribution in [3.05, 3.63) is 96.1 Å². The van der Waals surface area contributed by atoms with E-state index in [0.717, 1.165) is 29.1 Å². The van der Waals surface area contributed by atoms with Crippen LogP contribution in [0.3, 0.4) is 0 Å². The minimum absolute atomic E-state index is 0.0207. The van der Waals surface area contributed by atoms with Crippen LogP contribution in [0.1, 0.15) is 24.0 Å². The van der Waals surface area contributed by atoms with Gasteiger partial charge in [-0.25, -0.2) is 0 Å². The molecule has 36 heavy (non-hydrogen) atoms. The summed E-state index contributed by atoms with van der Waals surface area (Å²) in [4.78, 5) is 43.4. The van der Waals surface area contributed by atoms with E-state index < -0.39 is 0 Å². The number of aryl methyl sites for hydroxylation is 2. The van der Waals surface area contributed by atoms with E-state index in [-0.39, 0.29) is 35.3 Å². The van der Waals surface area contributed by atoms with E-state index in [0.29, 0.717) is 18.5 Å². The average Bonchev–Trinajstić information content (AvgIpc) is 3.07. The van der Waals surface area contributed by atoms with Gasteiger partial charge in [-0.2, -0.15) is 0 Å². The zero-order chi connectivity index (χ0) is 24.6. The molecule has 6 rings (SSSR count). The lowest BCUT2D eigenvalue weighted by Gasteiger charge is -2.25. The number of para-hydroxylation sites is 2. The molecule has 0 aromatic heterocycles. The molecule has 5 nitrogen and oxygen atoms in total. The third-order valence-corrected chi connectivity index (χ3v) is 8.34. The molecule has 0 bridgehead atoms. The van der Waals surface area contributed by atoms with Gasteiger partial charge < -0.3 is 0 Å². The molecule has 3 amide bonds. The van der Waals surface area contributed by atoms with Crippen LogP contribution in [0.5, 0.6) is 0 Å². The second-order valence-electron chi connectivity index (χ2n) is 9.44. The topological polar surface area (TPSA) is 57.7 Å². The van der Waals surface area contributed by atoms with E-state index in [2.05, 4.69) is 12.1 Å². The molecule has 1 aliphatic carbocycles. The van der Waals surface area contributed by atoms with Gasteiger partial charge in [0.1, 0.15) is 0 Å². The van der Waals surface area contributed by atoms with Gasteiger partial charge in [-0.15, -0.1) is 11.8 Å². The lowest BCUT2D eigenvalue weighted by atomic mass is 9.85. The molecule has 3 aliphatic rings. The van der Waals surface area contributed by atoms with Crippen LogP contribution in [-0.2, 0) is 27.2 Å². The molecule has 2 aliphatic heterocycles. The van der Waals surface area contributed by atoms with E-state index in [1.807, 2.05) is 77.7 Å². The van der Waals surface area contributed by atoms with Crippen LogP contribution in [0.2, 0.25) is 0 Å². The van der Waals surface area contributed by atoms with Crippen molar-refractivity contribution in [2.45, 2.75) is 30.6 Å². The fraction of sp³-hybridized carbons (Fsp3) is 0.233. The first kappa shape index (κ1) is 22.8. The Balaban J connectivity index is 1.19. The Labute approximate surface area is 214 Å². The first-order chi connectivity index (χ1) is 17.6. The van der Waals surface area contributed by atoms with Gasteiger partial charge in [0.05, 0.1) is 34.7 Å². The van der Waals surface area contributed by atoms with Gasteiger partial charge in [0, 0.05) is 4.90 Å². The molecule has 6 heteroatoms. The van der Waals surface area contributed by atoms with Gasteiger partial charge >= 0.3 is 0 Å².